The molecule has 1 saturated heterocycles. The molecule has 0 bridgehead atoms. The van der Waals surface area contributed by atoms with Gasteiger partial charge < -0.3 is 30.2 Å². The van der Waals surface area contributed by atoms with Gasteiger partial charge in [-0.05, 0) is 24.6 Å². The molecule has 0 radical (unpaired) electrons. The number of carbonyl (C=O) groups excluding carboxylic acids is 2. The second kappa shape index (κ2) is 14.5. The highest BCUT2D eigenvalue weighted by molar-refractivity contribution is 7.18. The zero-order valence-corrected chi connectivity index (χ0v) is 27.1. The number of benzene rings is 2. The van der Waals surface area contributed by atoms with E-state index in [2.05, 4.69) is 25.9 Å². The van der Waals surface area contributed by atoms with Crippen molar-refractivity contribution < 1.29 is 19.1 Å². The second-order valence-corrected chi connectivity index (χ2v) is 12.4. The predicted octanol–water partition coefficient (Wildman–Crippen LogP) is 6.18. The smallest absolute Gasteiger partial charge is 0.247 e. The molecule has 1 aliphatic rings. The maximum absolute atomic E-state index is 11.5. The van der Waals surface area contributed by atoms with Gasteiger partial charge in [0.2, 0.25) is 17.7 Å². The van der Waals surface area contributed by atoms with Crippen LogP contribution in [0.5, 0.6) is 17.5 Å². The summed E-state index contributed by atoms with van der Waals surface area (Å²) in [6, 6.07) is 17.1. The van der Waals surface area contributed by atoms with E-state index in [0.29, 0.717) is 75.9 Å². The Kier molecular flexibility index (Phi) is 10.1. The van der Waals surface area contributed by atoms with Crippen LogP contribution in [0.25, 0.3) is 32.6 Å². The fourth-order valence-electron chi connectivity index (χ4n) is 5.25. The minimum absolute atomic E-state index is 0.0935. The number of halogens is 2. The van der Waals surface area contributed by atoms with Gasteiger partial charge in [-0.3, -0.25) is 4.79 Å². The normalized spacial score (nSPS) is 14.4. The Morgan fingerprint density at radius 1 is 0.978 bits per heavy atom. The highest BCUT2D eigenvalue weighted by Gasteiger charge is 2.21. The minimum atomic E-state index is 0.0935. The molecule has 0 aliphatic carbocycles. The number of hydrogen-bond acceptors (Lipinski definition) is 10. The van der Waals surface area contributed by atoms with Crippen LogP contribution in [0.3, 0.4) is 0 Å². The van der Waals surface area contributed by atoms with Gasteiger partial charge >= 0.3 is 0 Å². The molecule has 5 aromatic rings. The number of carbonyl (C=O) groups is 2. The van der Waals surface area contributed by atoms with Crippen molar-refractivity contribution in [1.82, 2.24) is 30.9 Å². The number of fused-ring (bicyclic) bond motifs is 1. The minimum Gasteiger partial charge on any atom is -0.481 e. The van der Waals surface area contributed by atoms with Crippen molar-refractivity contribution >= 4 is 56.9 Å². The van der Waals surface area contributed by atoms with Crippen molar-refractivity contribution in [3.63, 3.8) is 0 Å². The van der Waals surface area contributed by atoms with E-state index in [1.807, 2.05) is 48.5 Å². The largest absolute Gasteiger partial charge is 0.481 e. The first-order chi connectivity index (χ1) is 22.4. The predicted molar refractivity (Wildman–Crippen MR) is 180 cm³/mol. The van der Waals surface area contributed by atoms with Crippen molar-refractivity contribution in [2.24, 2.45) is 0 Å². The van der Waals surface area contributed by atoms with Gasteiger partial charge in [0, 0.05) is 60.5 Å². The third-order valence-electron chi connectivity index (χ3n) is 7.48. The molecule has 13 heteroatoms. The van der Waals surface area contributed by atoms with Gasteiger partial charge in [0.1, 0.15) is 22.6 Å². The molecule has 46 heavy (non-hydrogen) atoms. The van der Waals surface area contributed by atoms with E-state index >= 15 is 0 Å². The Labute approximate surface area is 279 Å². The number of rotatable bonds is 13. The highest BCUT2D eigenvalue weighted by atomic mass is 35.5. The molecule has 1 aliphatic heterocycles. The molecule has 2 aromatic carbocycles. The molecule has 3 aromatic heterocycles. The SMILES string of the molecule is COc1nc(-c2cccc(-c3cccc(Oc4nccc5sc(CNCC=O)nc45)c3Cl)c2Cl)ccc1CNCC1CCC(=O)N1. The van der Waals surface area contributed by atoms with Gasteiger partial charge in [0.05, 0.1) is 34.1 Å². The average Bonchev–Trinajstić information content (AvgIpc) is 3.68. The molecule has 0 spiro atoms. The van der Waals surface area contributed by atoms with Crippen LogP contribution < -0.4 is 25.4 Å². The molecule has 1 fully saturated rings. The summed E-state index contributed by atoms with van der Waals surface area (Å²) in [5.41, 5.74) is 4.27. The molecular formula is C33H30Cl2N6O4S. The van der Waals surface area contributed by atoms with E-state index in [9.17, 15) is 9.59 Å². The summed E-state index contributed by atoms with van der Waals surface area (Å²) < 4.78 is 12.7. The van der Waals surface area contributed by atoms with Crippen molar-refractivity contribution in [3.05, 3.63) is 81.4 Å². The molecule has 1 atom stereocenters. The van der Waals surface area contributed by atoms with Crippen LogP contribution in [-0.4, -0.2) is 53.4 Å². The van der Waals surface area contributed by atoms with Crippen molar-refractivity contribution in [3.8, 4) is 39.9 Å². The standard InChI is InChI=1S/C33H30Cl2N6O4S/c1-44-32-19(16-37-17-20-9-11-27(43)39-20)8-10-24(40-32)23-6-2-4-21(29(23)34)22-5-3-7-25(30(22)35)45-33-31-26(12-13-38-33)46-28(41-31)18-36-14-15-42/h2-8,10,12-13,15,20,36-37H,9,11,14,16-18H2,1H3,(H,39,43). The van der Waals surface area contributed by atoms with Gasteiger partial charge in [0.25, 0.3) is 0 Å². The summed E-state index contributed by atoms with van der Waals surface area (Å²) in [4.78, 5) is 36.0. The lowest BCUT2D eigenvalue weighted by Gasteiger charge is -2.15. The first-order valence-corrected chi connectivity index (χ1v) is 16.2. The van der Waals surface area contributed by atoms with Crippen LogP contribution in [-0.2, 0) is 22.7 Å². The Morgan fingerprint density at radius 3 is 2.57 bits per heavy atom. The maximum Gasteiger partial charge on any atom is 0.247 e. The van der Waals surface area contributed by atoms with E-state index < -0.39 is 0 Å². The first-order valence-electron chi connectivity index (χ1n) is 14.6. The molecule has 6 rings (SSSR count). The number of ether oxygens (including phenoxy) is 2. The summed E-state index contributed by atoms with van der Waals surface area (Å²) in [7, 11) is 1.59. The summed E-state index contributed by atoms with van der Waals surface area (Å²) in [6.45, 7) is 1.93. The molecule has 4 heterocycles. The molecule has 0 saturated carbocycles. The Bertz CT molecular complexity index is 1900. The lowest BCUT2D eigenvalue weighted by molar-refractivity contribution is -0.119. The van der Waals surface area contributed by atoms with Crippen LogP contribution in [0.2, 0.25) is 10.0 Å². The number of aldehydes is 1. The number of nitrogens with zero attached hydrogens (tertiary/aromatic N) is 3. The van der Waals surface area contributed by atoms with E-state index in [4.69, 9.17) is 37.7 Å². The molecule has 236 valence electrons. The fraction of sp³-hybridized carbons (Fsp3) is 0.242. The number of aromatic nitrogens is 3. The molecular weight excluding hydrogens is 647 g/mol. The van der Waals surface area contributed by atoms with Gasteiger partial charge in [-0.1, -0.05) is 59.6 Å². The second-order valence-electron chi connectivity index (χ2n) is 10.6. The van der Waals surface area contributed by atoms with E-state index in [0.717, 1.165) is 33.5 Å². The Hall–Kier alpha value is -4.13. The fourth-order valence-corrected chi connectivity index (χ4v) is 6.76. The quantitative estimate of drug-likeness (QED) is 0.0989. The summed E-state index contributed by atoms with van der Waals surface area (Å²) in [6.07, 6.45) is 3.87. The molecule has 1 amide bonds. The van der Waals surface area contributed by atoms with Gasteiger partial charge in [-0.15, -0.1) is 11.3 Å². The average molecular weight is 678 g/mol. The van der Waals surface area contributed by atoms with Crippen molar-refractivity contribution in [1.29, 1.82) is 0 Å². The van der Waals surface area contributed by atoms with E-state index in [1.54, 1.807) is 19.4 Å². The summed E-state index contributed by atoms with van der Waals surface area (Å²) >= 11 is 15.5. The lowest BCUT2D eigenvalue weighted by Crippen LogP contribution is -2.35. The monoisotopic (exact) mass is 676 g/mol. The summed E-state index contributed by atoms with van der Waals surface area (Å²) in [5, 5.41) is 11.0. The number of nitrogens with one attached hydrogen (secondary N) is 3. The number of methoxy groups -OCH3 is 1. The van der Waals surface area contributed by atoms with Crippen LogP contribution in [0, 0.1) is 0 Å². The van der Waals surface area contributed by atoms with Crippen molar-refractivity contribution in [2.45, 2.75) is 32.0 Å². The maximum atomic E-state index is 11.5. The third kappa shape index (κ3) is 6.98. The van der Waals surface area contributed by atoms with Crippen LogP contribution >= 0.6 is 34.5 Å². The Balaban J connectivity index is 1.23. The molecule has 10 nitrogen and oxygen atoms in total. The third-order valence-corrected chi connectivity index (χ3v) is 9.30. The summed E-state index contributed by atoms with van der Waals surface area (Å²) in [5.74, 6) is 1.31. The first kappa shape index (κ1) is 31.8. The number of thiazole rings is 1. The van der Waals surface area contributed by atoms with Crippen LogP contribution in [0.15, 0.2) is 60.8 Å². The zero-order chi connectivity index (χ0) is 32.0. The van der Waals surface area contributed by atoms with Gasteiger partial charge in [0.15, 0.2) is 0 Å². The van der Waals surface area contributed by atoms with Gasteiger partial charge in [-0.2, -0.15) is 0 Å². The Morgan fingerprint density at radius 2 is 1.78 bits per heavy atom. The highest BCUT2D eigenvalue weighted by Crippen LogP contribution is 2.43. The van der Waals surface area contributed by atoms with Crippen LogP contribution in [0.1, 0.15) is 23.4 Å². The van der Waals surface area contributed by atoms with Crippen LogP contribution in [0.4, 0.5) is 0 Å². The zero-order valence-electron chi connectivity index (χ0n) is 24.8. The number of amides is 1. The van der Waals surface area contributed by atoms with Crippen molar-refractivity contribution in [2.75, 3.05) is 20.2 Å². The number of pyridine rings is 2. The topological polar surface area (TPSA) is 127 Å². The lowest BCUT2D eigenvalue weighted by atomic mass is 10.0. The molecule has 1 unspecified atom stereocenters. The van der Waals surface area contributed by atoms with E-state index in [-0.39, 0.29) is 18.5 Å². The molecule has 3 N–H and O–H groups in total. The number of hydrogen-bond donors (Lipinski definition) is 3. The van der Waals surface area contributed by atoms with Gasteiger partial charge in [-0.25, -0.2) is 15.0 Å². The van der Waals surface area contributed by atoms with E-state index in [1.165, 1.54) is 11.3 Å².